The summed E-state index contributed by atoms with van der Waals surface area (Å²) in [6, 6.07) is 11.2. The van der Waals surface area contributed by atoms with Crippen molar-refractivity contribution >= 4 is 34.8 Å². The van der Waals surface area contributed by atoms with Crippen LogP contribution in [0.4, 0.5) is 0 Å². The van der Waals surface area contributed by atoms with E-state index >= 15 is 0 Å². The maximum absolute atomic E-state index is 5.75. The van der Waals surface area contributed by atoms with Gasteiger partial charge in [0.15, 0.2) is 0 Å². The summed E-state index contributed by atoms with van der Waals surface area (Å²) in [6.45, 7) is 2.82. The van der Waals surface area contributed by atoms with Crippen molar-refractivity contribution in [3.05, 3.63) is 64.5 Å². The second-order valence-electron chi connectivity index (χ2n) is 4.73. The Labute approximate surface area is 161 Å². The fraction of sp³-hybridized carbons (Fsp3) is 0.176. The zero-order valence-electron chi connectivity index (χ0n) is 13.4. The van der Waals surface area contributed by atoms with Gasteiger partial charge in [0.05, 0.1) is 12.3 Å². The van der Waals surface area contributed by atoms with Crippen molar-refractivity contribution in [2.24, 2.45) is 0 Å². The lowest BCUT2D eigenvalue weighted by atomic mass is 10.1. The second-order valence-corrected chi connectivity index (χ2v) is 5.80. The van der Waals surface area contributed by atoms with Crippen LogP contribution in [0.2, 0.25) is 15.7 Å². The summed E-state index contributed by atoms with van der Waals surface area (Å²) >= 11 is 16.5. The van der Waals surface area contributed by atoms with Crippen molar-refractivity contribution in [2.45, 2.75) is 13.3 Å². The zero-order chi connectivity index (χ0) is 18.1. The van der Waals surface area contributed by atoms with Gasteiger partial charge in [0, 0.05) is 18.0 Å². The molecule has 0 atom stereocenters. The van der Waals surface area contributed by atoms with Crippen molar-refractivity contribution in [1.29, 1.82) is 0 Å². The molecule has 2 aromatic heterocycles. The van der Waals surface area contributed by atoms with Crippen LogP contribution in [0.15, 0.2) is 48.8 Å². The van der Waals surface area contributed by atoms with Gasteiger partial charge in [0.2, 0.25) is 10.6 Å². The maximum Gasteiger partial charge on any atom is 0.223 e. The molecule has 0 aliphatic heterocycles. The summed E-state index contributed by atoms with van der Waals surface area (Å²) in [5.41, 5.74) is 1.81. The molecular weight excluding hydrogens is 383 g/mol. The average molecular weight is 398 g/mol. The highest BCUT2D eigenvalue weighted by atomic mass is 35.5. The monoisotopic (exact) mass is 396 g/mol. The van der Waals surface area contributed by atoms with E-state index in [0.29, 0.717) is 5.15 Å². The number of aromatic nitrogens is 4. The number of nitrogens with zero attached hydrogens (tertiary/aromatic N) is 4. The largest absolute Gasteiger partial charge is 0.494 e. The molecule has 2 heterocycles. The van der Waals surface area contributed by atoms with Gasteiger partial charge in [-0.25, -0.2) is 19.9 Å². The molecule has 0 saturated carbocycles. The molecule has 130 valence electrons. The predicted molar refractivity (Wildman–Crippen MR) is 100 cm³/mol. The molecule has 3 aromatic rings. The Morgan fingerprint density at radius 1 is 0.840 bits per heavy atom. The molecule has 0 radical (unpaired) electrons. The summed E-state index contributed by atoms with van der Waals surface area (Å²) < 4.78 is 5.51. The van der Waals surface area contributed by atoms with E-state index in [1.165, 1.54) is 6.20 Å². The number of rotatable bonds is 4. The van der Waals surface area contributed by atoms with Crippen LogP contribution in [-0.2, 0) is 0 Å². The van der Waals surface area contributed by atoms with Gasteiger partial charge < -0.3 is 4.74 Å². The van der Waals surface area contributed by atoms with Crippen LogP contribution in [0.25, 0.3) is 11.3 Å². The molecule has 0 amide bonds. The Morgan fingerprint density at radius 2 is 1.48 bits per heavy atom. The first-order valence-electron chi connectivity index (χ1n) is 7.44. The van der Waals surface area contributed by atoms with E-state index < -0.39 is 0 Å². The van der Waals surface area contributed by atoms with Crippen molar-refractivity contribution in [3.63, 3.8) is 0 Å². The topological polar surface area (TPSA) is 60.8 Å². The molecular formula is C17H15Cl3N4O. The van der Waals surface area contributed by atoms with Gasteiger partial charge in [-0.2, -0.15) is 0 Å². The highest BCUT2D eigenvalue weighted by molar-refractivity contribution is 6.31. The minimum absolute atomic E-state index is 0.178. The minimum Gasteiger partial charge on any atom is -0.494 e. The summed E-state index contributed by atoms with van der Waals surface area (Å²) in [5.74, 6) is 0.871. The number of ether oxygens (including phenoxy) is 1. The standard InChI is InChI=1S/C13H13ClN2O.C4H2Cl2N2/c1-2-9-17-11-5-3-10(4-6-11)12-7-8-15-13(14)16-12;5-3-1-2-7-4(6)8-3/h3-8H,2,9H2,1H3;1-2H. The Bertz CT molecular complexity index is 783. The molecule has 0 N–H and O–H groups in total. The first-order valence-corrected chi connectivity index (χ1v) is 8.57. The van der Waals surface area contributed by atoms with Gasteiger partial charge in [0.25, 0.3) is 0 Å². The van der Waals surface area contributed by atoms with Gasteiger partial charge in [-0.3, -0.25) is 0 Å². The number of benzene rings is 1. The van der Waals surface area contributed by atoms with E-state index in [9.17, 15) is 0 Å². The molecule has 5 nitrogen and oxygen atoms in total. The Hall–Kier alpha value is -1.95. The van der Waals surface area contributed by atoms with Crippen molar-refractivity contribution in [3.8, 4) is 17.0 Å². The van der Waals surface area contributed by atoms with Crippen LogP contribution in [0.3, 0.4) is 0 Å². The first-order chi connectivity index (χ1) is 12.1. The normalized spacial score (nSPS) is 9.92. The van der Waals surface area contributed by atoms with Crippen LogP contribution in [0, 0.1) is 0 Å². The molecule has 0 aliphatic carbocycles. The quantitative estimate of drug-likeness (QED) is 0.437. The Morgan fingerprint density at radius 3 is 2.00 bits per heavy atom. The Kier molecular flexibility index (Phi) is 7.85. The smallest absolute Gasteiger partial charge is 0.223 e. The molecule has 1 aromatic carbocycles. The SMILES string of the molecule is CCCOc1ccc(-c2ccnc(Cl)n2)cc1.Clc1ccnc(Cl)n1. The average Bonchev–Trinajstić information content (AvgIpc) is 2.61. The lowest BCUT2D eigenvalue weighted by Crippen LogP contribution is -1.94. The van der Waals surface area contributed by atoms with E-state index in [4.69, 9.17) is 39.5 Å². The van der Waals surface area contributed by atoms with E-state index in [1.807, 2.05) is 30.3 Å². The van der Waals surface area contributed by atoms with Crippen LogP contribution in [-0.4, -0.2) is 26.5 Å². The van der Waals surface area contributed by atoms with Gasteiger partial charge >= 0.3 is 0 Å². The highest BCUT2D eigenvalue weighted by Crippen LogP contribution is 2.21. The lowest BCUT2D eigenvalue weighted by Gasteiger charge is -2.05. The van der Waals surface area contributed by atoms with E-state index in [-0.39, 0.29) is 10.6 Å². The van der Waals surface area contributed by atoms with Crippen molar-refractivity contribution in [1.82, 2.24) is 19.9 Å². The molecule has 0 saturated heterocycles. The highest BCUT2D eigenvalue weighted by Gasteiger charge is 2.01. The molecule has 0 aliphatic rings. The maximum atomic E-state index is 5.75. The number of hydrogen-bond acceptors (Lipinski definition) is 5. The van der Waals surface area contributed by atoms with Gasteiger partial charge in [0.1, 0.15) is 10.9 Å². The predicted octanol–water partition coefficient (Wildman–Crippen LogP) is 5.37. The number of hydrogen-bond donors (Lipinski definition) is 0. The molecule has 3 rings (SSSR count). The summed E-state index contributed by atoms with van der Waals surface area (Å²) in [4.78, 5) is 15.2. The minimum atomic E-state index is 0.178. The molecule has 0 spiro atoms. The van der Waals surface area contributed by atoms with Crippen molar-refractivity contribution in [2.75, 3.05) is 6.61 Å². The fourth-order valence-corrected chi connectivity index (χ4v) is 2.23. The molecule has 8 heteroatoms. The molecule has 25 heavy (non-hydrogen) atoms. The third-order valence-corrected chi connectivity index (χ3v) is 3.42. The van der Waals surface area contributed by atoms with Gasteiger partial charge in [-0.05, 0) is 66.0 Å². The van der Waals surface area contributed by atoms with Gasteiger partial charge in [-0.1, -0.05) is 18.5 Å². The van der Waals surface area contributed by atoms with Gasteiger partial charge in [-0.15, -0.1) is 0 Å². The van der Waals surface area contributed by atoms with E-state index in [1.54, 1.807) is 12.3 Å². The second kappa shape index (κ2) is 10.1. The zero-order valence-corrected chi connectivity index (χ0v) is 15.6. The summed E-state index contributed by atoms with van der Waals surface area (Å²) in [6.07, 6.45) is 4.15. The van der Waals surface area contributed by atoms with E-state index in [2.05, 4.69) is 26.9 Å². The van der Waals surface area contributed by atoms with Crippen LogP contribution in [0.5, 0.6) is 5.75 Å². The Balaban J connectivity index is 0.000000236. The molecule has 0 fully saturated rings. The van der Waals surface area contributed by atoms with Crippen molar-refractivity contribution < 1.29 is 4.74 Å². The lowest BCUT2D eigenvalue weighted by molar-refractivity contribution is 0.317. The fourth-order valence-electron chi connectivity index (χ4n) is 1.75. The third-order valence-electron chi connectivity index (χ3n) is 2.84. The molecule has 0 unspecified atom stereocenters. The number of halogens is 3. The van der Waals surface area contributed by atoms with Crippen LogP contribution >= 0.6 is 34.8 Å². The molecule has 0 bridgehead atoms. The summed E-state index contributed by atoms with van der Waals surface area (Å²) in [5, 5.41) is 0.802. The van der Waals surface area contributed by atoms with E-state index in [0.717, 1.165) is 30.0 Å². The van der Waals surface area contributed by atoms with Crippen LogP contribution < -0.4 is 4.74 Å². The first kappa shape index (κ1) is 19.4. The third kappa shape index (κ3) is 6.82. The summed E-state index contributed by atoms with van der Waals surface area (Å²) in [7, 11) is 0. The van der Waals surface area contributed by atoms with Crippen LogP contribution in [0.1, 0.15) is 13.3 Å².